The fraction of sp³-hybridized carbons (Fsp3) is 0. The molecule has 0 aliphatic heterocycles. The third kappa shape index (κ3) is 2.74. The van der Waals surface area contributed by atoms with Crippen molar-refractivity contribution >= 4 is 29.0 Å². The molecule has 0 saturated carbocycles. The molecule has 0 spiro atoms. The van der Waals surface area contributed by atoms with Crippen LogP contribution in [-0.2, 0) is 0 Å². The number of rotatable bonds is 2. The third-order valence-corrected chi connectivity index (χ3v) is 3.18. The second-order valence-electron chi connectivity index (χ2n) is 3.70. The van der Waals surface area contributed by atoms with Crippen LogP contribution in [0.25, 0.3) is 0 Å². The summed E-state index contributed by atoms with van der Waals surface area (Å²) < 4.78 is 39.3. The molecule has 6 heteroatoms. The summed E-state index contributed by atoms with van der Waals surface area (Å²) in [6, 6.07) is 4.73. The first-order valence-corrected chi connectivity index (χ1v) is 5.80. The minimum absolute atomic E-state index is 0.0271. The second-order valence-corrected chi connectivity index (χ2v) is 4.52. The van der Waals surface area contributed by atoms with E-state index in [-0.39, 0.29) is 15.6 Å². The van der Waals surface area contributed by atoms with Crippen molar-refractivity contribution in [3.63, 3.8) is 0 Å². The molecular formula is C13H5Cl2F3O. The lowest BCUT2D eigenvalue weighted by Crippen LogP contribution is -2.06. The van der Waals surface area contributed by atoms with E-state index < -0.39 is 28.8 Å². The molecule has 0 aromatic heterocycles. The molecule has 0 fully saturated rings. The first-order valence-electron chi connectivity index (χ1n) is 5.04. The molecule has 0 heterocycles. The Kier molecular flexibility index (Phi) is 3.83. The van der Waals surface area contributed by atoms with Gasteiger partial charge in [0.1, 0.15) is 5.82 Å². The van der Waals surface area contributed by atoms with Crippen LogP contribution in [0.4, 0.5) is 13.2 Å². The highest BCUT2D eigenvalue weighted by Gasteiger charge is 2.18. The minimum Gasteiger partial charge on any atom is -0.288 e. The molecule has 98 valence electrons. The van der Waals surface area contributed by atoms with E-state index in [9.17, 15) is 18.0 Å². The van der Waals surface area contributed by atoms with Crippen molar-refractivity contribution in [3.8, 4) is 0 Å². The van der Waals surface area contributed by atoms with Crippen molar-refractivity contribution in [2.24, 2.45) is 0 Å². The number of benzene rings is 2. The van der Waals surface area contributed by atoms with Crippen molar-refractivity contribution in [3.05, 3.63) is 69.0 Å². The number of carbonyl (C=O) groups is 1. The smallest absolute Gasteiger partial charge is 0.196 e. The molecule has 0 radical (unpaired) electrons. The van der Waals surface area contributed by atoms with Gasteiger partial charge < -0.3 is 0 Å². The maximum atomic E-state index is 13.5. The van der Waals surface area contributed by atoms with Gasteiger partial charge in [0.2, 0.25) is 0 Å². The molecule has 0 amide bonds. The van der Waals surface area contributed by atoms with E-state index in [0.717, 1.165) is 0 Å². The van der Waals surface area contributed by atoms with Gasteiger partial charge in [0.05, 0.1) is 15.6 Å². The summed E-state index contributed by atoms with van der Waals surface area (Å²) in [6.45, 7) is 0. The van der Waals surface area contributed by atoms with E-state index in [0.29, 0.717) is 12.1 Å². The van der Waals surface area contributed by atoms with E-state index in [1.165, 1.54) is 18.2 Å². The zero-order valence-corrected chi connectivity index (χ0v) is 10.7. The van der Waals surface area contributed by atoms with E-state index in [2.05, 4.69) is 0 Å². The lowest BCUT2D eigenvalue weighted by molar-refractivity contribution is 0.103. The molecule has 0 unspecified atom stereocenters. The van der Waals surface area contributed by atoms with Crippen LogP contribution < -0.4 is 0 Å². The number of halogens is 5. The monoisotopic (exact) mass is 304 g/mol. The van der Waals surface area contributed by atoms with Gasteiger partial charge in [-0.1, -0.05) is 23.2 Å². The summed E-state index contributed by atoms with van der Waals surface area (Å²) in [5.74, 6) is -4.61. The number of ketones is 1. The average molecular weight is 305 g/mol. The van der Waals surface area contributed by atoms with Crippen LogP contribution in [0.5, 0.6) is 0 Å². The zero-order chi connectivity index (χ0) is 14.2. The molecule has 0 atom stereocenters. The summed E-state index contributed by atoms with van der Waals surface area (Å²) in [6.07, 6.45) is 0. The Morgan fingerprint density at radius 2 is 1.47 bits per heavy atom. The molecule has 2 rings (SSSR count). The van der Waals surface area contributed by atoms with Gasteiger partial charge >= 0.3 is 0 Å². The fourth-order valence-corrected chi connectivity index (χ4v) is 1.79. The number of hydrogen-bond acceptors (Lipinski definition) is 1. The maximum Gasteiger partial charge on any atom is 0.196 e. The summed E-state index contributed by atoms with van der Waals surface area (Å²) in [5.41, 5.74) is -0.545. The topological polar surface area (TPSA) is 17.1 Å². The van der Waals surface area contributed by atoms with Crippen molar-refractivity contribution in [2.75, 3.05) is 0 Å². The van der Waals surface area contributed by atoms with E-state index in [4.69, 9.17) is 23.2 Å². The molecule has 0 aliphatic rings. The Morgan fingerprint density at radius 1 is 0.842 bits per heavy atom. The summed E-state index contributed by atoms with van der Waals surface area (Å²) >= 11 is 11.4. The Morgan fingerprint density at radius 3 is 2.11 bits per heavy atom. The average Bonchev–Trinajstić information content (AvgIpc) is 2.36. The second kappa shape index (κ2) is 5.23. The van der Waals surface area contributed by atoms with Crippen molar-refractivity contribution in [2.45, 2.75) is 0 Å². The van der Waals surface area contributed by atoms with Gasteiger partial charge in [0.15, 0.2) is 17.4 Å². The normalized spacial score (nSPS) is 10.6. The van der Waals surface area contributed by atoms with Crippen LogP contribution in [0.1, 0.15) is 15.9 Å². The van der Waals surface area contributed by atoms with Crippen molar-refractivity contribution in [1.29, 1.82) is 0 Å². The lowest BCUT2D eigenvalue weighted by atomic mass is 10.0. The van der Waals surface area contributed by atoms with Gasteiger partial charge in [0, 0.05) is 11.6 Å². The van der Waals surface area contributed by atoms with Gasteiger partial charge in [-0.2, -0.15) is 0 Å². The van der Waals surface area contributed by atoms with Gasteiger partial charge in [0.25, 0.3) is 0 Å². The largest absolute Gasteiger partial charge is 0.288 e. The maximum absolute atomic E-state index is 13.5. The predicted molar refractivity (Wildman–Crippen MR) is 66.2 cm³/mol. The lowest BCUT2D eigenvalue weighted by Gasteiger charge is -2.05. The SMILES string of the molecule is O=C(c1ccc(Cl)c(Cl)c1)c1cc(F)c(F)cc1F. The van der Waals surface area contributed by atoms with Crippen molar-refractivity contribution < 1.29 is 18.0 Å². The van der Waals surface area contributed by atoms with Gasteiger partial charge in [-0.3, -0.25) is 4.79 Å². The Hall–Kier alpha value is -1.52. The highest BCUT2D eigenvalue weighted by atomic mass is 35.5. The van der Waals surface area contributed by atoms with E-state index in [1.54, 1.807) is 0 Å². The Balaban J connectivity index is 2.49. The Labute approximate surface area is 116 Å². The minimum atomic E-state index is -1.36. The zero-order valence-electron chi connectivity index (χ0n) is 9.18. The highest BCUT2D eigenvalue weighted by molar-refractivity contribution is 6.42. The van der Waals surface area contributed by atoms with E-state index >= 15 is 0 Å². The molecule has 2 aromatic carbocycles. The summed E-state index contributed by atoms with van der Waals surface area (Å²) in [4.78, 5) is 12.0. The van der Waals surface area contributed by atoms with Gasteiger partial charge in [-0.25, -0.2) is 13.2 Å². The summed E-state index contributed by atoms with van der Waals surface area (Å²) in [7, 11) is 0. The van der Waals surface area contributed by atoms with Crippen LogP contribution >= 0.6 is 23.2 Å². The van der Waals surface area contributed by atoms with E-state index in [1.807, 2.05) is 0 Å². The first-order chi connectivity index (χ1) is 8.90. The number of carbonyl (C=O) groups excluding carboxylic acids is 1. The number of hydrogen-bond donors (Lipinski definition) is 0. The van der Waals surface area contributed by atoms with Crippen LogP contribution in [0.3, 0.4) is 0 Å². The molecular weight excluding hydrogens is 300 g/mol. The van der Waals surface area contributed by atoms with Gasteiger partial charge in [-0.15, -0.1) is 0 Å². The first kappa shape index (κ1) is 13.9. The molecule has 0 aliphatic carbocycles. The summed E-state index contributed by atoms with van der Waals surface area (Å²) in [5, 5.41) is 0.333. The van der Waals surface area contributed by atoms with Crippen molar-refractivity contribution in [1.82, 2.24) is 0 Å². The molecule has 0 bridgehead atoms. The van der Waals surface area contributed by atoms with Gasteiger partial charge in [-0.05, 0) is 24.3 Å². The fourth-order valence-electron chi connectivity index (χ4n) is 1.49. The molecule has 1 nitrogen and oxygen atoms in total. The molecule has 0 N–H and O–H groups in total. The standard InChI is InChI=1S/C13H5Cl2F3O/c14-8-2-1-6(3-9(8)15)13(19)7-4-11(17)12(18)5-10(7)16/h1-5H. The van der Waals surface area contributed by atoms with Crippen LogP contribution in [-0.4, -0.2) is 5.78 Å². The van der Waals surface area contributed by atoms with Crippen LogP contribution in [0, 0.1) is 17.5 Å². The van der Waals surface area contributed by atoms with Crippen LogP contribution in [0.2, 0.25) is 10.0 Å². The van der Waals surface area contributed by atoms with Crippen LogP contribution in [0.15, 0.2) is 30.3 Å². The highest BCUT2D eigenvalue weighted by Crippen LogP contribution is 2.25. The molecule has 0 saturated heterocycles. The molecule has 19 heavy (non-hydrogen) atoms. The molecule has 2 aromatic rings. The quantitative estimate of drug-likeness (QED) is 0.583. The predicted octanol–water partition coefficient (Wildman–Crippen LogP) is 4.64. The third-order valence-electron chi connectivity index (χ3n) is 2.44. The Bertz CT molecular complexity index is 671.